The van der Waals surface area contributed by atoms with Crippen LogP contribution in [0.3, 0.4) is 0 Å². The Kier molecular flexibility index (Phi) is 7.11. The first-order valence-electron chi connectivity index (χ1n) is 7.75. The van der Waals surface area contributed by atoms with Crippen molar-refractivity contribution in [2.75, 3.05) is 6.26 Å². The van der Waals surface area contributed by atoms with E-state index >= 15 is 0 Å². The van der Waals surface area contributed by atoms with Gasteiger partial charge in [-0.3, -0.25) is 9.59 Å². The van der Waals surface area contributed by atoms with Gasteiger partial charge in [-0.25, -0.2) is 4.79 Å². The van der Waals surface area contributed by atoms with Crippen molar-refractivity contribution in [3.8, 4) is 0 Å². The lowest BCUT2D eigenvalue weighted by Crippen LogP contribution is -2.17. The van der Waals surface area contributed by atoms with Gasteiger partial charge in [-0.15, -0.1) is 11.8 Å². The van der Waals surface area contributed by atoms with Crippen molar-refractivity contribution in [2.24, 2.45) is 5.16 Å². The van der Waals surface area contributed by atoms with Gasteiger partial charge >= 0.3 is 11.9 Å². The predicted molar refractivity (Wildman–Crippen MR) is 98.7 cm³/mol. The fourth-order valence-electron chi connectivity index (χ4n) is 2.06. The van der Waals surface area contributed by atoms with Crippen molar-refractivity contribution in [1.29, 1.82) is 0 Å². The molecule has 0 saturated carbocycles. The molecule has 134 valence electrons. The summed E-state index contributed by atoms with van der Waals surface area (Å²) in [5.41, 5.74) is 0.516. The van der Waals surface area contributed by atoms with Gasteiger partial charge in [-0.05, 0) is 42.7 Å². The normalized spacial score (nSPS) is 11.0. The Morgan fingerprint density at radius 3 is 2.19 bits per heavy atom. The molecule has 0 aliphatic rings. The summed E-state index contributed by atoms with van der Waals surface area (Å²) in [5, 5.41) is 12.5. The van der Waals surface area contributed by atoms with E-state index in [9.17, 15) is 14.4 Å². The van der Waals surface area contributed by atoms with Crippen LogP contribution in [0, 0.1) is 0 Å². The topological polar surface area (TPSA) is 93.0 Å². The minimum absolute atomic E-state index is 0.117. The monoisotopic (exact) mass is 371 g/mol. The molecule has 0 spiro atoms. The number of hydrogen-bond donors (Lipinski definition) is 1. The molecule has 0 radical (unpaired) electrons. The van der Waals surface area contributed by atoms with Gasteiger partial charge in [-0.2, -0.15) is 0 Å². The maximum absolute atomic E-state index is 12.6. The van der Waals surface area contributed by atoms with Crippen LogP contribution < -0.4 is 0 Å². The maximum atomic E-state index is 12.6. The first-order valence-corrected chi connectivity index (χ1v) is 8.97. The van der Waals surface area contributed by atoms with E-state index in [1.807, 2.05) is 6.26 Å². The lowest BCUT2D eigenvalue weighted by Gasteiger charge is -2.05. The third-order valence-electron chi connectivity index (χ3n) is 3.44. The van der Waals surface area contributed by atoms with E-state index in [0.717, 1.165) is 4.90 Å². The number of carboxylic acids is 1. The van der Waals surface area contributed by atoms with E-state index in [0.29, 0.717) is 5.56 Å². The van der Waals surface area contributed by atoms with E-state index in [4.69, 9.17) is 9.94 Å². The highest BCUT2D eigenvalue weighted by Crippen LogP contribution is 2.16. The molecule has 0 atom stereocenters. The molecular formula is C19H17NO5S. The van der Waals surface area contributed by atoms with Crippen molar-refractivity contribution < 1.29 is 24.3 Å². The molecule has 0 unspecified atom stereocenters. The predicted octanol–water partition coefficient (Wildman–Crippen LogP) is 3.67. The third kappa shape index (κ3) is 5.56. The van der Waals surface area contributed by atoms with Gasteiger partial charge in [0.25, 0.3) is 0 Å². The van der Waals surface area contributed by atoms with Crippen molar-refractivity contribution in [3.63, 3.8) is 0 Å². The van der Waals surface area contributed by atoms with Crippen molar-refractivity contribution in [2.45, 2.75) is 17.7 Å². The summed E-state index contributed by atoms with van der Waals surface area (Å²) in [5.74, 6) is -2.26. The highest BCUT2D eigenvalue weighted by atomic mass is 32.2. The van der Waals surface area contributed by atoms with E-state index in [1.54, 1.807) is 54.6 Å². The number of nitrogens with zero attached hydrogens (tertiary/aromatic N) is 1. The Balaban J connectivity index is 2.19. The summed E-state index contributed by atoms with van der Waals surface area (Å²) in [6.45, 7) is 0. The van der Waals surface area contributed by atoms with Crippen molar-refractivity contribution in [1.82, 2.24) is 0 Å². The zero-order chi connectivity index (χ0) is 18.9. The molecule has 0 heterocycles. The number of benzene rings is 2. The molecule has 26 heavy (non-hydrogen) atoms. The zero-order valence-corrected chi connectivity index (χ0v) is 14.9. The number of carbonyl (C=O) groups excluding carboxylic acids is 2. The van der Waals surface area contributed by atoms with E-state index < -0.39 is 17.7 Å². The number of oxime groups is 1. The van der Waals surface area contributed by atoms with Crippen LogP contribution >= 0.6 is 11.8 Å². The van der Waals surface area contributed by atoms with Gasteiger partial charge in [0.05, 0.1) is 12.0 Å². The molecule has 2 aromatic rings. The van der Waals surface area contributed by atoms with Gasteiger partial charge in [0.2, 0.25) is 5.78 Å². The smallest absolute Gasteiger partial charge is 0.365 e. The summed E-state index contributed by atoms with van der Waals surface area (Å²) in [4.78, 5) is 41.2. The molecule has 0 aromatic heterocycles. The molecule has 2 aromatic carbocycles. The van der Waals surface area contributed by atoms with Crippen molar-refractivity contribution >= 4 is 35.2 Å². The number of aliphatic carboxylic acids is 1. The van der Waals surface area contributed by atoms with Crippen molar-refractivity contribution in [3.05, 3.63) is 65.7 Å². The maximum Gasteiger partial charge on any atom is 0.365 e. The lowest BCUT2D eigenvalue weighted by molar-refractivity contribution is -0.136. The second-order valence-corrected chi connectivity index (χ2v) is 6.11. The van der Waals surface area contributed by atoms with Crippen LogP contribution in [0.1, 0.15) is 33.6 Å². The van der Waals surface area contributed by atoms with Gasteiger partial charge in [0.15, 0.2) is 0 Å². The van der Waals surface area contributed by atoms with Gasteiger partial charge < -0.3 is 9.94 Å². The SMILES string of the molecule is CSc1ccc(C(=O)/C(CCC(=O)O)=N/OC(=O)c2ccccc2)cc1. The Hall–Kier alpha value is -2.93. The summed E-state index contributed by atoms with van der Waals surface area (Å²) < 4.78 is 0. The first kappa shape index (κ1) is 19.4. The van der Waals surface area contributed by atoms with E-state index in [1.165, 1.54) is 11.8 Å². The summed E-state index contributed by atoms with van der Waals surface area (Å²) >= 11 is 1.53. The molecule has 0 saturated heterocycles. The Morgan fingerprint density at radius 1 is 0.962 bits per heavy atom. The molecule has 0 aliphatic heterocycles. The van der Waals surface area contributed by atoms with Crippen LogP contribution in [0.5, 0.6) is 0 Å². The molecule has 0 fully saturated rings. The fraction of sp³-hybridized carbons (Fsp3) is 0.158. The third-order valence-corrected chi connectivity index (χ3v) is 4.18. The Labute approximate surface area is 154 Å². The molecule has 0 aliphatic carbocycles. The largest absolute Gasteiger partial charge is 0.481 e. The van der Waals surface area contributed by atoms with Crippen LogP contribution in [-0.4, -0.2) is 34.8 Å². The second-order valence-electron chi connectivity index (χ2n) is 5.23. The van der Waals surface area contributed by atoms with Crippen LogP contribution in [0.15, 0.2) is 64.6 Å². The molecule has 6 nitrogen and oxygen atoms in total. The average Bonchev–Trinajstić information content (AvgIpc) is 2.68. The number of rotatable bonds is 8. The number of carbonyl (C=O) groups is 3. The Morgan fingerprint density at radius 2 is 1.62 bits per heavy atom. The van der Waals surface area contributed by atoms with Gasteiger partial charge in [0, 0.05) is 16.9 Å². The molecule has 7 heteroatoms. The standard InChI is InChI=1S/C19H17NO5S/c1-26-15-9-7-13(8-10-15)18(23)16(11-12-17(21)22)20-25-19(24)14-5-3-2-4-6-14/h2-10H,11-12H2,1H3,(H,21,22)/b20-16+. The minimum Gasteiger partial charge on any atom is -0.481 e. The number of thioether (sulfide) groups is 1. The quantitative estimate of drug-likeness (QED) is 0.250. The number of hydrogen-bond acceptors (Lipinski definition) is 6. The lowest BCUT2D eigenvalue weighted by atomic mass is 10.0. The van der Waals surface area contributed by atoms with Crippen LogP contribution in [0.25, 0.3) is 0 Å². The number of ketones is 1. The summed E-state index contributed by atoms with van der Waals surface area (Å²) in [6, 6.07) is 15.0. The van der Waals surface area contributed by atoms with E-state index in [-0.39, 0.29) is 24.1 Å². The molecule has 0 amide bonds. The number of Topliss-reactive ketones (excluding diaryl/α,β-unsaturated/α-hetero) is 1. The average molecular weight is 371 g/mol. The molecule has 0 bridgehead atoms. The van der Waals surface area contributed by atoms with Crippen LogP contribution in [0.2, 0.25) is 0 Å². The van der Waals surface area contributed by atoms with E-state index in [2.05, 4.69) is 5.16 Å². The van der Waals surface area contributed by atoms with Crippen LogP contribution in [0.4, 0.5) is 0 Å². The highest BCUT2D eigenvalue weighted by molar-refractivity contribution is 7.98. The molecular weight excluding hydrogens is 354 g/mol. The number of carboxylic acid groups (broad SMARTS) is 1. The first-order chi connectivity index (χ1) is 12.5. The zero-order valence-electron chi connectivity index (χ0n) is 14.0. The second kappa shape index (κ2) is 9.53. The van der Waals surface area contributed by atoms with Gasteiger partial charge in [-0.1, -0.05) is 23.4 Å². The minimum atomic E-state index is -1.07. The van der Waals surface area contributed by atoms with Crippen LogP contribution in [-0.2, 0) is 9.63 Å². The van der Waals surface area contributed by atoms with Gasteiger partial charge in [0.1, 0.15) is 5.71 Å². The highest BCUT2D eigenvalue weighted by Gasteiger charge is 2.18. The fourth-order valence-corrected chi connectivity index (χ4v) is 2.47. The summed E-state index contributed by atoms with van der Waals surface area (Å²) in [6.07, 6.45) is 1.48. The molecule has 2 rings (SSSR count). The summed E-state index contributed by atoms with van der Waals surface area (Å²) in [7, 11) is 0. The Bertz CT molecular complexity index is 816. The molecule has 1 N–H and O–H groups in total.